The summed E-state index contributed by atoms with van der Waals surface area (Å²) in [6.45, 7) is 10.9. The number of aromatic nitrogens is 3. The van der Waals surface area contributed by atoms with E-state index in [9.17, 15) is 9.59 Å². The molecule has 0 bridgehead atoms. The topological polar surface area (TPSA) is 76.9 Å². The molecule has 4 rings (SSSR count). The maximum Gasteiger partial charge on any atom is 0.272 e. The fourth-order valence-electron chi connectivity index (χ4n) is 3.92. The van der Waals surface area contributed by atoms with Crippen LogP contribution in [0.3, 0.4) is 0 Å². The van der Waals surface area contributed by atoms with Crippen molar-refractivity contribution in [2.24, 2.45) is 5.92 Å². The SMILES string of the molecule is Cc1cc(C)c(NC(=O)CSc2nc3c(sc4ncccc43)c(=O)n2CCC(C)C)c(C)c1. The van der Waals surface area contributed by atoms with E-state index in [1.54, 1.807) is 10.8 Å². The molecule has 0 unspecified atom stereocenters. The van der Waals surface area contributed by atoms with Crippen LogP contribution >= 0.6 is 23.1 Å². The molecule has 0 saturated carbocycles. The van der Waals surface area contributed by atoms with Gasteiger partial charge < -0.3 is 5.32 Å². The van der Waals surface area contributed by atoms with Gasteiger partial charge in [-0.15, -0.1) is 11.3 Å². The second kappa shape index (κ2) is 9.65. The standard InChI is InChI=1S/C25H28N4O2S2/c1-14(2)8-10-29-24(31)22-21(18-7-6-9-26-23(18)33-22)28-25(29)32-13-19(30)27-20-16(4)11-15(3)12-17(20)5/h6-7,9,11-12,14H,8,10,13H2,1-5H3,(H,27,30). The Kier molecular flexibility index (Phi) is 6.86. The molecule has 8 heteroatoms. The summed E-state index contributed by atoms with van der Waals surface area (Å²) in [5, 5.41) is 4.49. The lowest BCUT2D eigenvalue weighted by Gasteiger charge is -2.15. The van der Waals surface area contributed by atoms with Crippen molar-refractivity contribution in [2.45, 2.75) is 52.7 Å². The van der Waals surface area contributed by atoms with Gasteiger partial charge in [-0.05, 0) is 56.4 Å². The molecule has 1 aromatic carbocycles. The molecule has 0 fully saturated rings. The zero-order valence-electron chi connectivity index (χ0n) is 19.6. The smallest absolute Gasteiger partial charge is 0.272 e. The average Bonchev–Trinajstić information content (AvgIpc) is 3.13. The van der Waals surface area contributed by atoms with Crippen LogP contribution in [0.2, 0.25) is 0 Å². The molecule has 3 heterocycles. The van der Waals surface area contributed by atoms with Gasteiger partial charge in [0.2, 0.25) is 5.91 Å². The number of aryl methyl sites for hydroxylation is 3. The van der Waals surface area contributed by atoms with Crippen LogP contribution in [0, 0.1) is 26.7 Å². The third-order valence-electron chi connectivity index (χ3n) is 5.52. The first-order valence-corrected chi connectivity index (χ1v) is 12.8. The number of hydrogen-bond donors (Lipinski definition) is 1. The molecule has 4 aromatic rings. The number of thioether (sulfide) groups is 1. The van der Waals surface area contributed by atoms with Gasteiger partial charge in [-0.2, -0.15) is 0 Å². The number of pyridine rings is 1. The highest BCUT2D eigenvalue weighted by Gasteiger charge is 2.18. The van der Waals surface area contributed by atoms with Crippen LogP contribution in [-0.2, 0) is 11.3 Å². The summed E-state index contributed by atoms with van der Waals surface area (Å²) < 4.78 is 2.34. The summed E-state index contributed by atoms with van der Waals surface area (Å²) in [5.74, 6) is 0.508. The van der Waals surface area contributed by atoms with Crippen molar-refractivity contribution in [1.29, 1.82) is 0 Å². The maximum atomic E-state index is 13.4. The highest BCUT2D eigenvalue weighted by molar-refractivity contribution is 7.99. The van der Waals surface area contributed by atoms with Crippen molar-refractivity contribution in [3.8, 4) is 0 Å². The summed E-state index contributed by atoms with van der Waals surface area (Å²) in [6.07, 6.45) is 2.59. The number of anilines is 1. The van der Waals surface area contributed by atoms with Crippen LogP contribution in [0.4, 0.5) is 5.69 Å². The maximum absolute atomic E-state index is 13.4. The first-order valence-electron chi connectivity index (χ1n) is 11.0. The number of rotatable bonds is 7. The fraction of sp³-hybridized carbons (Fsp3) is 0.360. The summed E-state index contributed by atoms with van der Waals surface area (Å²) >= 11 is 2.69. The van der Waals surface area contributed by atoms with E-state index >= 15 is 0 Å². The second-order valence-electron chi connectivity index (χ2n) is 8.78. The lowest BCUT2D eigenvalue weighted by molar-refractivity contribution is -0.113. The molecule has 0 radical (unpaired) electrons. The van der Waals surface area contributed by atoms with E-state index in [4.69, 9.17) is 4.98 Å². The van der Waals surface area contributed by atoms with E-state index in [0.717, 1.165) is 33.5 Å². The van der Waals surface area contributed by atoms with Crippen molar-refractivity contribution in [1.82, 2.24) is 14.5 Å². The highest BCUT2D eigenvalue weighted by atomic mass is 32.2. The predicted octanol–water partition coefficient (Wildman–Crippen LogP) is 5.71. The van der Waals surface area contributed by atoms with Crippen LogP contribution < -0.4 is 10.9 Å². The number of nitrogens with zero attached hydrogens (tertiary/aromatic N) is 3. The molecular formula is C25H28N4O2S2. The van der Waals surface area contributed by atoms with Gasteiger partial charge in [0, 0.05) is 23.8 Å². The van der Waals surface area contributed by atoms with E-state index in [1.807, 2.05) is 32.9 Å². The van der Waals surface area contributed by atoms with Crippen molar-refractivity contribution in [3.05, 3.63) is 57.5 Å². The lowest BCUT2D eigenvalue weighted by Crippen LogP contribution is -2.24. The average molecular weight is 481 g/mol. The first-order chi connectivity index (χ1) is 15.7. The monoisotopic (exact) mass is 480 g/mol. The molecule has 0 aliphatic carbocycles. The van der Waals surface area contributed by atoms with E-state index in [2.05, 4.69) is 36.3 Å². The van der Waals surface area contributed by atoms with E-state index < -0.39 is 0 Å². The fourth-order valence-corrected chi connectivity index (χ4v) is 5.77. The Morgan fingerprint density at radius 1 is 1.21 bits per heavy atom. The van der Waals surface area contributed by atoms with Crippen LogP contribution in [0.25, 0.3) is 20.4 Å². The Bertz CT molecular complexity index is 1380. The Balaban J connectivity index is 1.65. The minimum atomic E-state index is -0.114. The molecule has 33 heavy (non-hydrogen) atoms. The summed E-state index contributed by atoms with van der Waals surface area (Å²) in [6, 6.07) is 7.91. The minimum absolute atomic E-state index is 0.0585. The number of amides is 1. The van der Waals surface area contributed by atoms with Gasteiger partial charge in [-0.3, -0.25) is 14.2 Å². The lowest BCUT2D eigenvalue weighted by atomic mass is 10.1. The van der Waals surface area contributed by atoms with Crippen molar-refractivity contribution >= 4 is 55.1 Å². The molecule has 1 amide bonds. The number of carbonyl (C=O) groups excluding carboxylic acids is 1. The van der Waals surface area contributed by atoms with Gasteiger partial charge in [0.25, 0.3) is 5.56 Å². The molecule has 6 nitrogen and oxygen atoms in total. The second-order valence-corrected chi connectivity index (χ2v) is 10.7. The molecule has 0 saturated heterocycles. The number of fused-ring (bicyclic) bond motifs is 3. The first kappa shape index (κ1) is 23.4. The number of benzene rings is 1. The third kappa shape index (κ3) is 4.96. The molecule has 172 valence electrons. The molecular weight excluding hydrogens is 452 g/mol. The van der Waals surface area contributed by atoms with Gasteiger partial charge >= 0.3 is 0 Å². The zero-order valence-corrected chi connectivity index (χ0v) is 21.2. The Morgan fingerprint density at radius 3 is 2.64 bits per heavy atom. The zero-order chi connectivity index (χ0) is 23.7. The number of thiophene rings is 1. The predicted molar refractivity (Wildman–Crippen MR) is 139 cm³/mol. The highest BCUT2D eigenvalue weighted by Crippen LogP contribution is 2.31. The number of carbonyl (C=O) groups is 1. The largest absolute Gasteiger partial charge is 0.325 e. The molecule has 0 spiro atoms. The van der Waals surface area contributed by atoms with Gasteiger partial charge in [0.1, 0.15) is 9.53 Å². The summed E-state index contributed by atoms with van der Waals surface area (Å²) in [4.78, 5) is 36.2. The molecule has 0 aliphatic heterocycles. The molecule has 1 N–H and O–H groups in total. The molecule has 3 aromatic heterocycles. The van der Waals surface area contributed by atoms with Gasteiger partial charge in [-0.25, -0.2) is 9.97 Å². The van der Waals surface area contributed by atoms with Crippen LogP contribution in [0.5, 0.6) is 0 Å². The van der Waals surface area contributed by atoms with Gasteiger partial charge in [-0.1, -0.05) is 43.3 Å². The van der Waals surface area contributed by atoms with E-state index in [1.165, 1.54) is 28.7 Å². The van der Waals surface area contributed by atoms with Crippen LogP contribution in [0.15, 0.2) is 40.4 Å². The minimum Gasteiger partial charge on any atom is -0.325 e. The third-order valence-corrected chi connectivity index (χ3v) is 7.59. The van der Waals surface area contributed by atoms with E-state index in [-0.39, 0.29) is 17.2 Å². The Hall–Kier alpha value is -2.71. The van der Waals surface area contributed by atoms with Crippen LogP contribution in [0.1, 0.15) is 37.0 Å². The van der Waals surface area contributed by atoms with Crippen molar-refractivity contribution in [3.63, 3.8) is 0 Å². The summed E-state index contributed by atoms with van der Waals surface area (Å²) in [7, 11) is 0. The quantitative estimate of drug-likeness (QED) is 0.271. The van der Waals surface area contributed by atoms with Crippen molar-refractivity contribution < 1.29 is 4.79 Å². The number of hydrogen-bond acceptors (Lipinski definition) is 6. The molecule has 0 aliphatic rings. The molecule has 0 atom stereocenters. The van der Waals surface area contributed by atoms with Gasteiger partial charge in [0.05, 0.1) is 11.3 Å². The normalized spacial score (nSPS) is 11.6. The van der Waals surface area contributed by atoms with Crippen molar-refractivity contribution in [2.75, 3.05) is 11.1 Å². The van der Waals surface area contributed by atoms with Gasteiger partial charge in [0.15, 0.2) is 5.16 Å². The summed E-state index contributed by atoms with van der Waals surface area (Å²) in [5.41, 5.74) is 4.70. The number of nitrogens with one attached hydrogen (secondary N) is 1. The Morgan fingerprint density at radius 2 is 1.94 bits per heavy atom. The van der Waals surface area contributed by atoms with E-state index in [0.29, 0.717) is 27.8 Å². The Labute approximate surface area is 201 Å². The van der Waals surface area contributed by atoms with Crippen LogP contribution in [-0.4, -0.2) is 26.2 Å².